The second kappa shape index (κ2) is 13.5. The minimum Gasteiger partial charge on any atom is -0.496 e. The van der Waals surface area contributed by atoms with Gasteiger partial charge in [0, 0.05) is 36.2 Å². The molecule has 1 atom stereocenters. The molecule has 0 unspecified atom stereocenters. The molecule has 0 fully saturated rings. The Morgan fingerprint density at radius 1 is 1.07 bits per heavy atom. The number of carbonyl (C=O) groups is 1. The van der Waals surface area contributed by atoms with Crippen LogP contribution in [0.2, 0.25) is 15.1 Å². The molecule has 1 aromatic heterocycles. The molecule has 0 bridgehead atoms. The van der Waals surface area contributed by atoms with Gasteiger partial charge < -0.3 is 14.2 Å². The number of hydrogen-bond acceptors (Lipinski definition) is 7. The van der Waals surface area contributed by atoms with E-state index in [2.05, 4.69) is 20.9 Å². The molecule has 3 aromatic carbocycles. The van der Waals surface area contributed by atoms with Gasteiger partial charge in [-0.05, 0) is 75.4 Å². The minimum atomic E-state index is -0.853. The molecule has 12 heteroatoms. The highest BCUT2D eigenvalue weighted by atomic mass is 79.9. The molecule has 0 N–H and O–H groups in total. The number of methoxy groups -OCH3 is 1. The third-order valence-corrected chi connectivity index (χ3v) is 9.03. The molecule has 7 nitrogen and oxygen atoms in total. The predicted molar refractivity (Wildman–Crippen MR) is 178 cm³/mol. The average molecular weight is 737 g/mol. The van der Waals surface area contributed by atoms with Crippen LogP contribution in [0.1, 0.15) is 43.5 Å². The first-order valence-electron chi connectivity index (χ1n) is 13.4. The first kappa shape index (κ1) is 32.3. The fourth-order valence-corrected chi connectivity index (χ4v) is 6.83. The van der Waals surface area contributed by atoms with Crippen LogP contribution in [0.5, 0.6) is 11.5 Å². The maximum Gasteiger partial charge on any atom is 0.338 e. The molecule has 44 heavy (non-hydrogen) atoms. The Kier molecular flexibility index (Phi) is 9.92. The summed E-state index contributed by atoms with van der Waals surface area (Å²) in [6.45, 7) is 5.44. The van der Waals surface area contributed by atoms with Crippen molar-refractivity contribution < 1.29 is 19.0 Å². The standard InChI is InChI=1S/C32H26BrCl3N2O5S/c1-16(2)43-31(40)28-17(3)37-32-38(29(28)23-13-20(33)6-9-26(23)41-4)30(39)27(44-32)12-19-11-21(34)8-10-25(19)42-15-18-5-7-22(35)14-24(18)36/h5-14,16,29H,15H2,1-4H3/b27-12-/t29-/m0/s1. The van der Waals surface area contributed by atoms with Crippen molar-refractivity contribution in [1.82, 2.24) is 4.57 Å². The molecule has 0 aliphatic carbocycles. The van der Waals surface area contributed by atoms with Crippen LogP contribution in [0.15, 0.2) is 80.1 Å². The van der Waals surface area contributed by atoms with Gasteiger partial charge in [-0.1, -0.05) is 68.1 Å². The number of benzene rings is 3. The number of allylic oxidation sites excluding steroid dienone is 1. The molecule has 0 radical (unpaired) electrons. The van der Waals surface area contributed by atoms with Crippen LogP contribution in [-0.2, 0) is 16.1 Å². The Morgan fingerprint density at radius 3 is 2.48 bits per heavy atom. The van der Waals surface area contributed by atoms with Gasteiger partial charge in [-0.3, -0.25) is 9.36 Å². The Labute approximate surface area is 281 Å². The van der Waals surface area contributed by atoms with Crippen LogP contribution in [0.3, 0.4) is 0 Å². The van der Waals surface area contributed by atoms with Crippen LogP contribution in [-0.4, -0.2) is 23.8 Å². The van der Waals surface area contributed by atoms with Gasteiger partial charge in [0.25, 0.3) is 5.56 Å². The zero-order valence-electron chi connectivity index (χ0n) is 24.0. The normalized spacial score (nSPS) is 14.8. The second-order valence-electron chi connectivity index (χ2n) is 10.1. The van der Waals surface area contributed by atoms with Crippen LogP contribution in [0.25, 0.3) is 6.08 Å². The van der Waals surface area contributed by atoms with Gasteiger partial charge in [0.1, 0.15) is 24.1 Å². The van der Waals surface area contributed by atoms with E-state index in [1.54, 1.807) is 69.3 Å². The number of nitrogens with zero attached hydrogens (tertiary/aromatic N) is 2. The molecule has 0 spiro atoms. The van der Waals surface area contributed by atoms with Crippen molar-refractivity contribution in [3.8, 4) is 11.5 Å². The van der Waals surface area contributed by atoms with Crippen molar-refractivity contribution in [2.75, 3.05) is 7.11 Å². The van der Waals surface area contributed by atoms with Crippen molar-refractivity contribution in [3.63, 3.8) is 0 Å². The third kappa shape index (κ3) is 6.77. The van der Waals surface area contributed by atoms with E-state index in [0.29, 0.717) is 52.7 Å². The van der Waals surface area contributed by atoms with Gasteiger partial charge in [-0.25, -0.2) is 9.79 Å². The number of ether oxygens (including phenoxy) is 3. The summed E-state index contributed by atoms with van der Waals surface area (Å²) in [5.74, 6) is 0.437. The van der Waals surface area contributed by atoms with E-state index >= 15 is 0 Å². The fourth-order valence-electron chi connectivity index (χ4n) is 4.77. The highest BCUT2D eigenvalue weighted by Gasteiger charge is 2.35. The van der Waals surface area contributed by atoms with Gasteiger partial charge in [-0.15, -0.1) is 0 Å². The molecule has 1 aliphatic rings. The minimum absolute atomic E-state index is 0.170. The number of fused-ring (bicyclic) bond motifs is 1. The lowest BCUT2D eigenvalue weighted by molar-refractivity contribution is -0.143. The van der Waals surface area contributed by atoms with Crippen LogP contribution < -0.4 is 24.4 Å². The summed E-state index contributed by atoms with van der Waals surface area (Å²) in [6.07, 6.45) is 1.33. The fraction of sp³-hybridized carbons (Fsp3) is 0.219. The van der Waals surface area contributed by atoms with Crippen molar-refractivity contribution in [1.29, 1.82) is 0 Å². The van der Waals surface area contributed by atoms with Crippen molar-refractivity contribution in [2.24, 2.45) is 4.99 Å². The van der Waals surface area contributed by atoms with Gasteiger partial charge in [-0.2, -0.15) is 0 Å². The molecular weight excluding hydrogens is 711 g/mol. The molecule has 228 valence electrons. The van der Waals surface area contributed by atoms with Crippen LogP contribution in [0, 0.1) is 0 Å². The summed E-state index contributed by atoms with van der Waals surface area (Å²) in [6, 6.07) is 14.9. The van der Waals surface area contributed by atoms with Gasteiger partial charge >= 0.3 is 5.97 Å². The summed E-state index contributed by atoms with van der Waals surface area (Å²) < 4.78 is 20.0. The molecule has 2 heterocycles. The lowest BCUT2D eigenvalue weighted by Gasteiger charge is -2.26. The summed E-state index contributed by atoms with van der Waals surface area (Å²) >= 11 is 23.5. The molecule has 0 amide bonds. The number of thiazole rings is 1. The predicted octanol–water partition coefficient (Wildman–Crippen LogP) is 7.50. The summed E-state index contributed by atoms with van der Waals surface area (Å²) in [7, 11) is 1.54. The molecular formula is C32H26BrCl3N2O5S. The maximum atomic E-state index is 14.2. The monoisotopic (exact) mass is 734 g/mol. The zero-order chi connectivity index (χ0) is 31.7. The number of rotatable bonds is 8. The number of carbonyl (C=O) groups excluding carboxylic acids is 1. The zero-order valence-corrected chi connectivity index (χ0v) is 28.7. The molecule has 0 saturated heterocycles. The lowest BCUT2D eigenvalue weighted by Crippen LogP contribution is -2.40. The van der Waals surface area contributed by atoms with E-state index in [1.807, 2.05) is 12.1 Å². The third-order valence-electron chi connectivity index (χ3n) is 6.73. The molecule has 4 aromatic rings. The Morgan fingerprint density at radius 2 is 1.77 bits per heavy atom. The molecule has 5 rings (SSSR count). The maximum absolute atomic E-state index is 14.2. The van der Waals surface area contributed by atoms with Gasteiger partial charge in [0.15, 0.2) is 4.80 Å². The smallest absolute Gasteiger partial charge is 0.338 e. The lowest BCUT2D eigenvalue weighted by atomic mass is 9.95. The number of halogens is 4. The first-order chi connectivity index (χ1) is 21.0. The Hall–Kier alpha value is -3.08. The Bertz CT molecular complexity index is 1990. The van der Waals surface area contributed by atoms with Crippen molar-refractivity contribution in [2.45, 2.75) is 39.5 Å². The highest BCUT2D eigenvalue weighted by molar-refractivity contribution is 9.10. The van der Waals surface area contributed by atoms with Gasteiger partial charge in [0.2, 0.25) is 0 Å². The quantitative estimate of drug-likeness (QED) is 0.175. The number of hydrogen-bond donors (Lipinski definition) is 0. The number of aromatic nitrogens is 1. The molecule has 1 aliphatic heterocycles. The van der Waals surface area contributed by atoms with E-state index in [9.17, 15) is 9.59 Å². The largest absolute Gasteiger partial charge is 0.496 e. The summed E-state index contributed by atoms with van der Waals surface area (Å²) in [5, 5.41) is 1.47. The van der Waals surface area contributed by atoms with Crippen molar-refractivity contribution >= 4 is 74.1 Å². The van der Waals surface area contributed by atoms with E-state index < -0.39 is 12.0 Å². The van der Waals surface area contributed by atoms with Gasteiger partial charge in [0.05, 0.1) is 29.0 Å². The SMILES string of the molecule is COc1ccc(Br)cc1[C@H]1C(C(=O)OC(C)C)=C(C)N=c2s/c(=C\c3cc(Cl)ccc3OCc3ccc(Cl)cc3Cl)c(=O)n21. The summed E-state index contributed by atoms with van der Waals surface area (Å²) in [5.41, 5.74) is 2.28. The first-order valence-corrected chi connectivity index (χ1v) is 16.1. The van der Waals surface area contributed by atoms with E-state index in [1.165, 1.54) is 23.0 Å². The van der Waals surface area contributed by atoms with Crippen molar-refractivity contribution in [3.05, 3.63) is 122 Å². The van der Waals surface area contributed by atoms with E-state index in [0.717, 1.165) is 10.0 Å². The Balaban J connectivity index is 1.66. The average Bonchev–Trinajstić information content (AvgIpc) is 3.26. The van der Waals surface area contributed by atoms with E-state index in [4.69, 9.17) is 49.0 Å². The van der Waals surface area contributed by atoms with Crippen LogP contribution >= 0.6 is 62.1 Å². The molecule has 0 saturated carbocycles. The second-order valence-corrected chi connectivity index (χ2v) is 13.3. The topological polar surface area (TPSA) is 79.1 Å². The highest BCUT2D eigenvalue weighted by Crippen LogP contribution is 2.37. The summed E-state index contributed by atoms with van der Waals surface area (Å²) in [4.78, 5) is 32.7. The van der Waals surface area contributed by atoms with Crippen LogP contribution in [0.4, 0.5) is 0 Å². The van der Waals surface area contributed by atoms with E-state index in [-0.39, 0.29) is 23.8 Å². The number of esters is 1.